The minimum atomic E-state index is -0.0152. The van der Waals surface area contributed by atoms with Crippen LogP contribution < -0.4 is 0 Å². The number of aromatic nitrogens is 4. The van der Waals surface area contributed by atoms with Crippen LogP contribution in [0.1, 0.15) is 19.3 Å². The van der Waals surface area contributed by atoms with E-state index in [1.807, 2.05) is 4.90 Å². The molecule has 0 spiro atoms. The molecule has 2 heterocycles. The second-order valence-electron chi connectivity index (χ2n) is 4.14. The van der Waals surface area contributed by atoms with Crippen molar-refractivity contribution in [3.8, 4) is 0 Å². The molecule has 0 aromatic carbocycles. The number of hydrogen-bond donors (Lipinski definition) is 1. The van der Waals surface area contributed by atoms with Gasteiger partial charge in [-0.05, 0) is 29.7 Å². The van der Waals surface area contributed by atoms with Crippen LogP contribution in [0.3, 0.4) is 0 Å². The Bertz CT molecular complexity index is 391. The molecule has 7 nitrogen and oxygen atoms in total. The number of nitrogens with zero attached hydrogens (tertiary/aromatic N) is 5. The number of aliphatic hydroxyl groups is 1. The van der Waals surface area contributed by atoms with E-state index in [1.54, 1.807) is 0 Å². The highest BCUT2D eigenvalue weighted by molar-refractivity contribution is 7.99. The fourth-order valence-electron chi connectivity index (χ4n) is 1.90. The van der Waals surface area contributed by atoms with E-state index in [0.29, 0.717) is 17.5 Å². The third kappa shape index (κ3) is 3.42. The molecule has 0 bridgehead atoms. The molecule has 18 heavy (non-hydrogen) atoms. The Morgan fingerprint density at radius 1 is 1.33 bits per heavy atom. The lowest BCUT2D eigenvalue weighted by atomic mass is 10.1. The lowest BCUT2D eigenvalue weighted by Crippen LogP contribution is -2.36. The van der Waals surface area contributed by atoms with Crippen LogP contribution in [0.25, 0.3) is 0 Å². The molecule has 100 valence electrons. The van der Waals surface area contributed by atoms with Crippen molar-refractivity contribution in [1.29, 1.82) is 0 Å². The predicted molar refractivity (Wildman–Crippen MR) is 66.1 cm³/mol. The maximum absolute atomic E-state index is 11.9. The van der Waals surface area contributed by atoms with Gasteiger partial charge in [-0.3, -0.25) is 4.79 Å². The number of thioether (sulfide) groups is 1. The topological polar surface area (TPSA) is 84.1 Å². The normalized spacial score (nSPS) is 15.9. The number of likely N-dealkylation sites (tertiary alicyclic amines) is 1. The van der Waals surface area contributed by atoms with Crippen LogP contribution in [0, 0.1) is 0 Å². The van der Waals surface area contributed by atoms with Crippen molar-refractivity contribution in [3.63, 3.8) is 0 Å². The first-order valence-electron chi connectivity index (χ1n) is 6.09. The van der Waals surface area contributed by atoms with Gasteiger partial charge >= 0.3 is 0 Å². The average molecular weight is 271 g/mol. The molecule has 1 aliphatic heterocycles. The summed E-state index contributed by atoms with van der Waals surface area (Å²) in [7, 11) is 0. The molecule has 1 amide bonds. The molecule has 0 aliphatic carbocycles. The molecule has 2 rings (SSSR count). The predicted octanol–water partition coefficient (Wildman–Crippen LogP) is -0.230. The van der Waals surface area contributed by atoms with Crippen LogP contribution in [0.2, 0.25) is 0 Å². The van der Waals surface area contributed by atoms with Crippen LogP contribution in [0.15, 0.2) is 5.16 Å². The van der Waals surface area contributed by atoms with Gasteiger partial charge in [-0.1, -0.05) is 11.8 Å². The standard InChI is InChI=1S/C10H17N5O2S/c16-7-6-15-10(11-12-13-15)18-8-9(17)14-4-2-1-3-5-14/h16H,1-8H2. The summed E-state index contributed by atoms with van der Waals surface area (Å²) in [5.74, 6) is 0.490. The van der Waals surface area contributed by atoms with Crippen LogP contribution in [-0.4, -0.2) is 61.6 Å². The van der Waals surface area contributed by atoms with Gasteiger partial charge in [0.2, 0.25) is 11.1 Å². The minimum Gasteiger partial charge on any atom is -0.394 e. The number of aliphatic hydroxyl groups excluding tert-OH is 1. The molecule has 0 unspecified atom stereocenters. The van der Waals surface area contributed by atoms with Gasteiger partial charge < -0.3 is 10.0 Å². The van der Waals surface area contributed by atoms with Gasteiger partial charge in [0, 0.05) is 13.1 Å². The molecule has 1 aromatic heterocycles. The van der Waals surface area contributed by atoms with Crippen molar-refractivity contribution in [2.24, 2.45) is 0 Å². The Hall–Kier alpha value is -1.15. The Kier molecular flexibility index (Phi) is 4.94. The number of hydrogen-bond acceptors (Lipinski definition) is 6. The molecule has 0 radical (unpaired) electrons. The van der Waals surface area contributed by atoms with E-state index < -0.39 is 0 Å². The first-order chi connectivity index (χ1) is 8.81. The molecule has 0 atom stereocenters. The third-order valence-corrected chi connectivity index (χ3v) is 3.79. The van der Waals surface area contributed by atoms with E-state index in [2.05, 4.69) is 15.5 Å². The number of tetrazole rings is 1. The zero-order chi connectivity index (χ0) is 12.8. The van der Waals surface area contributed by atoms with Crippen LogP contribution in [0.5, 0.6) is 0 Å². The highest BCUT2D eigenvalue weighted by Gasteiger charge is 2.17. The van der Waals surface area contributed by atoms with Crippen LogP contribution >= 0.6 is 11.8 Å². The smallest absolute Gasteiger partial charge is 0.233 e. The first-order valence-corrected chi connectivity index (χ1v) is 7.07. The fraction of sp³-hybridized carbons (Fsp3) is 0.800. The number of amides is 1. The quantitative estimate of drug-likeness (QED) is 0.745. The molecular weight excluding hydrogens is 254 g/mol. The van der Waals surface area contributed by atoms with Crippen LogP contribution in [0.4, 0.5) is 0 Å². The van der Waals surface area contributed by atoms with Gasteiger partial charge in [-0.2, -0.15) is 0 Å². The van der Waals surface area contributed by atoms with Crippen LogP contribution in [-0.2, 0) is 11.3 Å². The molecule has 1 aromatic rings. The van der Waals surface area contributed by atoms with Gasteiger partial charge in [-0.25, -0.2) is 4.68 Å². The second kappa shape index (κ2) is 6.69. The molecule has 1 fully saturated rings. The first kappa shape index (κ1) is 13.3. The Morgan fingerprint density at radius 2 is 2.11 bits per heavy atom. The summed E-state index contributed by atoms with van der Waals surface area (Å²) < 4.78 is 1.51. The second-order valence-corrected chi connectivity index (χ2v) is 5.08. The number of carbonyl (C=O) groups excluding carboxylic acids is 1. The van der Waals surface area contributed by atoms with Crippen molar-refractivity contribution in [3.05, 3.63) is 0 Å². The number of carbonyl (C=O) groups is 1. The average Bonchev–Trinajstić information content (AvgIpc) is 2.85. The monoisotopic (exact) mass is 271 g/mol. The van der Waals surface area contributed by atoms with Crippen molar-refractivity contribution in [2.45, 2.75) is 31.0 Å². The van der Waals surface area contributed by atoms with Gasteiger partial charge in [0.15, 0.2) is 0 Å². The molecule has 1 N–H and O–H groups in total. The Balaban J connectivity index is 1.82. The van der Waals surface area contributed by atoms with Crippen molar-refractivity contribution >= 4 is 17.7 Å². The summed E-state index contributed by atoms with van der Waals surface area (Å²) >= 11 is 1.32. The molecule has 0 saturated carbocycles. The summed E-state index contributed by atoms with van der Waals surface area (Å²) in [6.07, 6.45) is 3.41. The van der Waals surface area contributed by atoms with Gasteiger partial charge in [0.05, 0.1) is 18.9 Å². The van der Waals surface area contributed by atoms with E-state index in [-0.39, 0.29) is 12.5 Å². The molecule has 1 saturated heterocycles. The van der Waals surface area contributed by atoms with Crippen molar-refractivity contribution < 1.29 is 9.90 Å². The largest absolute Gasteiger partial charge is 0.394 e. The lowest BCUT2D eigenvalue weighted by Gasteiger charge is -2.26. The summed E-state index contributed by atoms with van der Waals surface area (Å²) in [4.78, 5) is 13.8. The molecular formula is C10H17N5O2S. The summed E-state index contributed by atoms with van der Waals surface area (Å²) in [6.45, 7) is 2.06. The van der Waals surface area contributed by atoms with Crippen molar-refractivity contribution in [1.82, 2.24) is 25.1 Å². The van der Waals surface area contributed by atoms with E-state index in [0.717, 1.165) is 25.9 Å². The van der Waals surface area contributed by atoms with E-state index >= 15 is 0 Å². The van der Waals surface area contributed by atoms with Gasteiger partial charge in [0.25, 0.3) is 0 Å². The summed E-state index contributed by atoms with van der Waals surface area (Å²) in [6, 6.07) is 0. The third-order valence-electron chi connectivity index (χ3n) is 2.84. The SMILES string of the molecule is O=C(CSc1nnnn1CCO)N1CCCCC1. The van der Waals surface area contributed by atoms with Gasteiger partial charge in [0.1, 0.15) is 0 Å². The fourth-order valence-corrected chi connectivity index (χ4v) is 2.70. The highest BCUT2D eigenvalue weighted by atomic mass is 32.2. The van der Waals surface area contributed by atoms with Crippen molar-refractivity contribution in [2.75, 3.05) is 25.4 Å². The Morgan fingerprint density at radius 3 is 2.83 bits per heavy atom. The van der Waals surface area contributed by atoms with E-state index in [4.69, 9.17) is 5.11 Å². The van der Waals surface area contributed by atoms with E-state index in [9.17, 15) is 4.79 Å². The minimum absolute atomic E-state index is 0.0152. The highest BCUT2D eigenvalue weighted by Crippen LogP contribution is 2.16. The summed E-state index contributed by atoms with van der Waals surface area (Å²) in [5.41, 5.74) is 0. The maximum Gasteiger partial charge on any atom is 0.233 e. The zero-order valence-electron chi connectivity index (χ0n) is 10.2. The molecule has 1 aliphatic rings. The van der Waals surface area contributed by atoms with Gasteiger partial charge in [-0.15, -0.1) is 5.10 Å². The summed E-state index contributed by atoms with van der Waals surface area (Å²) in [5, 5.41) is 20.5. The number of rotatable bonds is 5. The Labute approximate surface area is 110 Å². The molecule has 8 heteroatoms. The zero-order valence-corrected chi connectivity index (χ0v) is 11.0. The lowest BCUT2D eigenvalue weighted by molar-refractivity contribution is -0.129. The van der Waals surface area contributed by atoms with E-state index in [1.165, 1.54) is 22.9 Å². The maximum atomic E-state index is 11.9. The number of piperidine rings is 1.